The first-order valence-electron chi connectivity index (χ1n) is 6.52. The summed E-state index contributed by atoms with van der Waals surface area (Å²) < 4.78 is 14.2. The zero-order valence-electron chi connectivity index (χ0n) is 11.4. The number of esters is 4. The lowest BCUT2D eigenvalue weighted by Crippen LogP contribution is -2.45. The number of ether oxygens (including phenoxy) is 3. The molecule has 9 heteroatoms. The second-order valence-electron chi connectivity index (χ2n) is 4.73. The lowest BCUT2D eigenvalue weighted by Gasteiger charge is -2.25. The molecule has 0 atom stereocenters. The van der Waals surface area contributed by atoms with Gasteiger partial charge in [-0.15, -0.1) is 0 Å². The Hall–Kier alpha value is -1.84. The summed E-state index contributed by atoms with van der Waals surface area (Å²) >= 11 is 0. The molecule has 2 heterocycles. The van der Waals surface area contributed by atoms with E-state index >= 15 is 0 Å². The Morgan fingerprint density at radius 3 is 1.38 bits per heavy atom. The number of carbonyl (C=O) groups is 4. The van der Waals surface area contributed by atoms with Crippen LogP contribution in [-0.4, -0.2) is 86.2 Å². The molecule has 2 fully saturated rings. The number of cyclic esters (lactones) is 4. The van der Waals surface area contributed by atoms with Crippen molar-refractivity contribution >= 4 is 23.9 Å². The summed E-state index contributed by atoms with van der Waals surface area (Å²) in [6.07, 6.45) is 0. The van der Waals surface area contributed by atoms with Gasteiger partial charge in [0, 0.05) is 13.1 Å². The first kappa shape index (κ1) is 15.5. The van der Waals surface area contributed by atoms with Gasteiger partial charge in [0.25, 0.3) is 0 Å². The highest BCUT2D eigenvalue weighted by Gasteiger charge is 2.25. The summed E-state index contributed by atoms with van der Waals surface area (Å²) in [5.41, 5.74) is 0. The van der Waals surface area contributed by atoms with Gasteiger partial charge in [-0.05, 0) is 0 Å². The Balaban J connectivity index is 1.57. The molecule has 2 rings (SSSR count). The van der Waals surface area contributed by atoms with Crippen molar-refractivity contribution < 1.29 is 33.4 Å². The van der Waals surface area contributed by atoms with E-state index in [1.807, 2.05) is 0 Å². The van der Waals surface area contributed by atoms with E-state index in [0.717, 1.165) is 0 Å². The number of hydrogen-bond acceptors (Lipinski definition) is 9. The molecule has 0 aromatic heterocycles. The van der Waals surface area contributed by atoms with Crippen molar-refractivity contribution in [2.24, 2.45) is 0 Å². The van der Waals surface area contributed by atoms with Crippen LogP contribution in [0.1, 0.15) is 0 Å². The standard InChI is InChI=1S/C12H16N2O7/c15-9-5-13(6-10(16)20-9)1-3-19-4-2-14-7-11(17)21-12(18)8-14/h1-8H2. The summed E-state index contributed by atoms with van der Waals surface area (Å²) in [5, 5.41) is 0. The van der Waals surface area contributed by atoms with E-state index in [1.165, 1.54) is 0 Å². The third-order valence-corrected chi connectivity index (χ3v) is 2.97. The van der Waals surface area contributed by atoms with Gasteiger partial charge in [-0.3, -0.25) is 29.0 Å². The molecule has 2 aliphatic heterocycles. The Morgan fingerprint density at radius 1 is 0.714 bits per heavy atom. The lowest BCUT2D eigenvalue weighted by molar-refractivity contribution is -0.168. The van der Waals surface area contributed by atoms with Crippen LogP contribution in [0, 0.1) is 0 Å². The third-order valence-electron chi connectivity index (χ3n) is 2.97. The van der Waals surface area contributed by atoms with Crippen LogP contribution in [0.4, 0.5) is 0 Å². The van der Waals surface area contributed by atoms with Crippen LogP contribution in [0.5, 0.6) is 0 Å². The zero-order chi connectivity index (χ0) is 15.2. The molecule has 9 nitrogen and oxygen atoms in total. The third kappa shape index (κ3) is 5.21. The maximum atomic E-state index is 11.0. The Bertz CT molecular complexity index is 379. The molecule has 0 unspecified atom stereocenters. The van der Waals surface area contributed by atoms with Crippen LogP contribution < -0.4 is 0 Å². The van der Waals surface area contributed by atoms with Gasteiger partial charge in [0.2, 0.25) is 0 Å². The quantitative estimate of drug-likeness (QED) is 0.306. The smallest absolute Gasteiger partial charge is 0.327 e. The maximum absolute atomic E-state index is 11.0. The molecular weight excluding hydrogens is 284 g/mol. The summed E-state index contributed by atoms with van der Waals surface area (Å²) in [4.78, 5) is 47.4. The lowest BCUT2D eigenvalue weighted by atomic mass is 10.4. The molecule has 0 bridgehead atoms. The van der Waals surface area contributed by atoms with E-state index in [4.69, 9.17) is 4.74 Å². The van der Waals surface area contributed by atoms with E-state index in [0.29, 0.717) is 26.3 Å². The largest absolute Gasteiger partial charge is 0.391 e. The molecule has 0 aromatic rings. The molecular formula is C12H16N2O7. The van der Waals surface area contributed by atoms with Gasteiger partial charge in [0.15, 0.2) is 0 Å². The van der Waals surface area contributed by atoms with Crippen LogP contribution in [0.25, 0.3) is 0 Å². The van der Waals surface area contributed by atoms with Crippen molar-refractivity contribution in [3.63, 3.8) is 0 Å². The van der Waals surface area contributed by atoms with E-state index in [9.17, 15) is 19.2 Å². The number of hydrogen-bond donors (Lipinski definition) is 0. The fourth-order valence-corrected chi connectivity index (χ4v) is 2.03. The number of nitrogens with zero attached hydrogens (tertiary/aromatic N) is 2. The molecule has 2 aliphatic rings. The first-order valence-corrected chi connectivity index (χ1v) is 6.52. The number of rotatable bonds is 6. The summed E-state index contributed by atoms with van der Waals surface area (Å²) in [6.45, 7) is 1.83. The van der Waals surface area contributed by atoms with Crippen molar-refractivity contribution in [2.75, 3.05) is 52.5 Å². The van der Waals surface area contributed by atoms with Gasteiger partial charge in [-0.1, -0.05) is 0 Å². The first-order chi connectivity index (χ1) is 10.0. The summed E-state index contributed by atoms with van der Waals surface area (Å²) in [5.74, 6) is -2.23. The van der Waals surface area contributed by atoms with Crippen LogP contribution in [-0.2, 0) is 33.4 Å². The minimum absolute atomic E-state index is 0.0710. The second-order valence-corrected chi connectivity index (χ2v) is 4.73. The number of morpholine rings is 2. The molecule has 0 spiro atoms. The van der Waals surface area contributed by atoms with Crippen molar-refractivity contribution in [1.82, 2.24) is 9.80 Å². The van der Waals surface area contributed by atoms with Crippen molar-refractivity contribution in [3.8, 4) is 0 Å². The van der Waals surface area contributed by atoms with E-state index in [2.05, 4.69) is 9.47 Å². The minimum atomic E-state index is -0.559. The van der Waals surface area contributed by atoms with Crippen LogP contribution in [0.2, 0.25) is 0 Å². The fraction of sp³-hybridized carbons (Fsp3) is 0.667. The van der Waals surface area contributed by atoms with Crippen molar-refractivity contribution in [2.45, 2.75) is 0 Å². The minimum Gasteiger partial charge on any atom is -0.391 e. The molecule has 0 saturated carbocycles. The average molecular weight is 300 g/mol. The van der Waals surface area contributed by atoms with E-state index < -0.39 is 23.9 Å². The van der Waals surface area contributed by atoms with Gasteiger partial charge in [0.1, 0.15) is 0 Å². The summed E-state index contributed by atoms with van der Waals surface area (Å²) in [6, 6.07) is 0. The highest BCUT2D eigenvalue weighted by molar-refractivity contribution is 5.90. The SMILES string of the molecule is O=C1CN(CCOCCN2CC(=O)OC(=O)C2)CC(=O)O1. The van der Waals surface area contributed by atoms with Gasteiger partial charge < -0.3 is 14.2 Å². The molecule has 2 saturated heterocycles. The Labute approximate surface area is 120 Å². The van der Waals surface area contributed by atoms with Gasteiger partial charge in [-0.25, -0.2) is 0 Å². The van der Waals surface area contributed by atoms with Crippen molar-refractivity contribution in [1.29, 1.82) is 0 Å². The Morgan fingerprint density at radius 2 is 1.05 bits per heavy atom. The van der Waals surface area contributed by atoms with Crippen LogP contribution >= 0.6 is 0 Å². The van der Waals surface area contributed by atoms with E-state index in [1.54, 1.807) is 9.80 Å². The number of carbonyl (C=O) groups excluding carboxylic acids is 4. The molecule has 21 heavy (non-hydrogen) atoms. The highest BCUT2D eigenvalue weighted by atomic mass is 16.6. The van der Waals surface area contributed by atoms with E-state index in [-0.39, 0.29) is 26.2 Å². The molecule has 0 amide bonds. The molecule has 116 valence electrons. The molecule has 0 aromatic carbocycles. The average Bonchev–Trinajstić information content (AvgIpc) is 2.36. The fourth-order valence-electron chi connectivity index (χ4n) is 2.03. The van der Waals surface area contributed by atoms with Crippen molar-refractivity contribution in [3.05, 3.63) is 0 Å². The van der Waals surface area contributed by atoms with Gasteiger partial charge >= 0.3 is 23.9 Å². The van der Waals surface area contributed by atoms with Crippen LogP contribution in [0.3, 0.4) is 0 Å². The Kier molecular flexibility index (Phi) is 5.37. The molecule has 0 radical (unpaired) electrons. The molecule has 0 N–H and O–H groups in total. The molecule has 0 aliphatic carbocycles. The second kappa shape index (κ2) is 7.25. The predicted octanol–water partition coefficient (Wildman–Crippen LogP) is -2.23. The summed E-state index contributed by atoms with van der Waals surface area (Å²) in [7, 11) is 0. The van der Waals surface area contributed by atoms with Gasteiger partial charge in [-0.2, -0.15) is 0 Å². The van der Waals surface area contributed by atoms with Gasteiger partial charge in [0.05, 0.1) is 39.4 Å². The topological polar surface area (TPSA) is 102 Å². The maximum Gasteiger partial charge on any atom is 0.327 e. The predicted molar refractivity (Wildman–Crippen MR) is 65.9 cm³/mol. The highest BCUT2D eigenvalue weighted by Crippen LogP contribution is 2.01. The van der Waals surface area contributed by atoms with Crippen LogP contribution in [0.15, 0.2) is 0 Å². The normalized spacial score (nSPS) is 21.3. The monoisotopic (exact) mass is 300 g/mol. The zero-order valence-corrected chi connectivity index (χ0v) is 11.4.